The molecule has 1 saturated heterocycles. The van der Waals surface area contributed by atoms with Crippen LogP contribution >= 0.6 is 0 Å². The summed E-state index contributed by atoms with van der Waals surface area (Å²) in [6, 6.07) is 0. The van der Waals surface area contributed by atoms with Gasteiger partial charge in [-0.05, 0) is 14.0 Å². The minimum atomic E-state index is 0.276. The number of β-amino-alcohol motifs (C(OH)–C–C–N with tert-alkyl or cyclic N) is 1. The molecule has 1 unspecified atom stereocenters. The number of hydrogen-bond donors (Lipinski definition) is 1. The standard InChI is InChI=1S/C7H16N2O/c1-7-8(2)3-4-9(7)5-6-10/h7,10H,3-6H2,1-2H3. The Labute approximate surface area is 62.2 Å². The number of aliphatic hydroxyl groups is 1. The Balaban J connectivity index is 2.33. The van der Waals surface area contributed by atoms with E-state index in [4.69, 9.17) is 5.11 Å². The van der Waals surface area contributed by atoms with Crippen LogP contribution in [0.25, 0.3) is 0 Å². The fourth-order valence-electron chi connectivity index (χ4n) is 1.37. The van der Waals surface area contributed by atoms with Crippen molar-refractivity contribution in [2.45, 2.75) is 13.1 Å². The van der Waals surface area contributed by atoms with Crippen LogP contribution in [0.2, 0.25) is 0 Å². The van der Waals surface area contributed by atoms with Gasteiger partial charge in [0, 0.05) is 19.6 Å². The van der Waals surface area contributed by atoms with Gasteiger partial charge in [0.1, 0.15) is 0 Å². The van der Waals surface area contributed by atoms with E-state index in [1.807, 2.05) is 0 Å². The molecule has 3 heteroatoms. The van der Waals surface area contributed by atoms with Crippen LogP contribution in [-0.4, -0.2) is 54.4 Å². The van der Waals surface area contributed by atoms with E-state index in [-0.39, 0.29) is 6.61 Å². The summed E-state index contributed by atoms with van der Waals surface area (Å²) in [5.41, 5.74) is 0. The summed E-state index contributed by atoms with van der Waals surface area (Å²) in [6.07, 6.45) is 0.507. The third-order valence-electron chi connectivity index (χ3n) is 2.29. The third-order valence-corrected chi connectivity index (χ3v) is 2.29. The van der Waals surface area contributed by atoms with Crippen LogP contribution in [0.3, 0.4) is 0 Å². The van der Waals surface area contributed by atoms with Gasteiger partial charge in [0.15, 0.2) is 0 Å². The molecule has 0 radical (unpaired) electrons. The highest BCUT2D eigenvalue weighted by Crippen LogP contribution is 2.09. The van der Waals surface area contributed by atoms with Gasteiger partial charge in [0.25, 0.3) is 0 Å². The fraction of sp³-hybridized carbons (Fsp3) is 1.00. The Bertz CT molecular complexity index is 106. The zero-order valence-electron chi connectivity index (χ0n) is 6.75. The molecule has 10 heavy (non-hydrogen) atoms. The average molecular weight is 144 g/mol. The molecule has 60 valence electrons. The highest BCUT2D eigenvalue weighted by molar-refractivity contribution is 4.75. The molecule has 0 aromatic heterocycles. The third kappa shape index (κ3) is 1.48. The molecule has 1 aliphatic heterocycles. The van der Waals surface area contributed by atoms with Crippen LogP contribution in [0, 0.1) is 0 Å². The van der Waals surface area contributed by atoms with Crippen molar-refractivity contribution in [3.8, 4) is 0 Å². The molecule has 1 fully saturated rings. The second kappa shape index (κ2) is 3.32. The predicted octanol–water partition coefficient (Wildman–Crippen LogP) is -0.428. The molecular formula is C7H16N2O. The van der Waals surface area contributed by atoms with Crippen LogP contribution in [-0.2, 0) is 0 Å². The lowest BCUT2D eigenvalue weighted by Gasteiger charge is -2.22. The quantitative estimate of drug-likeness (QED) is 0.570. The van der Waals surface area contributed by atoms with Gasteiger partial charge in [-0.1, -0.05) is 0 Å². The van der Waals surface area contributed by atoms with Crippen LogP contribution < -0.4 is 0 Å². The first-order valence-electron chi connectivity index (χ1n) is 3.81. The van der Waals surface area contributed by atoms with E-state index < -0.39 is 0 Å². The van der Waals surface area contributed by atoms with Crippen molar-refractivity contribution in [3.05, 3.63) is 0 Å². The second-order valence-corrected chi connectivity index (χ2v) is 2.87. The van der Waals surface area contributed by atoms with Gasteiger partial charge in [0.2, 0.25) is 0 Å². The van der Waals surface area contributed by atoms with Crippen molar-refractivity contribution in [1.29, 1.82) is 0 Å². The first-order valence-corrected chi connectivity index (χ1v) is 3.81. The van der Waals surface area contributed by atoms with Crippen molar-refractivity contribution in [2.75, 3.05) is 33.3 Å². The van der Waals surface area contributed by atoms with Gasteiger partial charge in [0.05, 0.1) is 12.8 Å². The maximum absolute atomic E-state index is 8.67. The Morgan fingerprint density at radius 2 is 2.20 bits per heavy atom. The van der Waals surface area contributed by atoms with E-state index in [9.17, 15) is 0 Å². The van der Waals surface area contributed by atoms with Gasteiger partial charge < -0.3 is 5.11 Å². The molecule has 1 aliphatic rings. The minimum Gasteiger partial charge on any atom is -0.395 e. The van der Waals surface area contributed by atoms with Crippen molar-refractivity contribution >= 4 is 0 Å². The lowest BCUT2D eigenvalue weighted by Crippen LogP contribution is -2.35. The Hall–Kier alpha value is -0.120. The summed E-state index contributed by atoms with van der Waals surface area (Å²) < 4.78 is 0. The number of rotatable bonds is 2. The zero-order chi connectivity index (χ0) is 7.56. The molecule has 1 atom stereocenters. The van der Waals surface area contributed by atoms with E-state index >= 15 is 0 Å². The van der Waals surface area contributed by atoms with E-state index in [1.165, 1.54) is 0 Å². The van der Waals surface area contributed by atoms with Gasteiger partial charge in [-0.25, -0.2) is 0 Å². The van der Waals surface area contributed by atoms with Gasteiger partial charge in [-0.15, -0.1) is 0 Å². The summed E-state index contributed by atoms with van der Waals surface area (Å²) in [6.45, 7) is 5.48. The van der Waals surface area contributed by atoms with Gasteiger partial charge >= 0.3 is 0 Å². The SMILES string of the molecule is CC1N(C)CCN1CCO. The topological polar surface area (TPSA) is 26.7 Å². The Morgan fingerprint density at radius 3 is 2.60 bits per heavy atom. The summed E-state index contributed by atoms with van der Waals surface area (Å²) in [4.78, 5) is 4.57. The van der Waals surface area contributed by atoms with Gasteiger partial charge in [-0.2, -0.15) is 0 Å². The molecule has 1 N–H and O–H groups in total. The molecule has 3 nitrogen and oxygen atoms in total. The molecule has 1 heterocycles. The Morgan fingerprint density at radius 1 is 1.50 bits per heavy atom. The van der Waals surface area contributed by atoms with Crippen LogP contribution in [0.4, 0.5) is 0 Å². The van der Waals surface area contributed by atoms with Crippen molar-refractivity contribution < 1.29 is 5.11 Å². The molecule has 0 saturated carbocycles. The molecule has 0 bridgehead atoms. The molecule has 0 aliphatic carbocycles. The monoisotopic (exact) mass is 144 g/mol. The van der Waals surface area contributed by atoms with Gasteiger partial charge in [-0.3, -0.25) is 9.80 Å². The van der Waals surface area contributed by atoms with Crippen molar-refractivity contribution in [1.82, 2.24) is 9.80 Å². The second-order valence-electron chi connectivity index (χ2n) is 2.87. The predicted molar refractivity (Wildman–Crippen MR) is 40.8 cm³/mol. The molecule has 0 spiro atoms. The lowest BCUT2D eigenvalue weighted by molar-refractivity contribution is 0.144. The first kappa shape index (κ1) is 7.98. The lowest BCUT2D eigenvalue weighted by atomic mass is 10.4. The molecule has 0 aromatic rings. The highest BCUT2D eigenvalue weighted by atomic mass is 16.3. The van der Waals surface area contributed by atoms with Crippen LogP contribution in [0.15, 0.2) is 0 Å². The molecule has 0 amide bonds. The van der Waals surface area contributed by atoms with Crippen molar-refractivity contribution in [2.24, 2.45) is 0 Å². The van der Waals surface area contributed by atoms with Crippen LogP contribution in [0.1, 0.15) is 6.92 Å². The van der Waals surface area contributed by atoms with Crippen molar-refractivity contribution in [3.63, 3.8) is 0 Å². The maximum Gasteiger partial charge on any atom is 0.0592 e. The molecule has 1 rings (SSSR count). The number of aliphatic hydroxyl groups excluding tert-OH is 1. The van der Waals surface area contributed by atoms with E-state index in [0.717, 1.165) is 19.6 Å². The zero-order valence-corrected chi connectivity index (χ0v) is 6.75. The van der Waals surface area contributed by atoms with E-state index in [1.54, 1.807) is 0 Å². The molecule has 0 aromatic carbocycles. The van der Waals surface area contributed by atoms with E-state index in [2.05, 4.69) is 23.8 Å². The summed E-state index contributed by atoms with van der Waals surface area (Å²) >= 11 is 0. The minimum absolute atomic E-state index is 0.276. The summed E-state index contributed by atoms with van der Waals surface area (Å²) in [7, 11) is 2.11. The number of nitrogens with zero attached hydrogens (tertiary/aromatic N) is 2. The Kier molecular flexibility index (Phi) is 2.65. The number of likely N-dealkylation sites (N-methyl/N-ethyl adjacent to an activating group) is 1. The maximum atomic E-state index is 8.67. The fourth-order valence-corrected chi connectivity index (χ4v) is 1.37. The van der Waals surface area contributed by atoms with Crippen LogP contribution in [0.5, 0.6) is 0 Å². The van der Waals surface area contributed by atoms with E-state index in [0.29, 0.717) is 6.17 Å². The summed E-state index contributed by atoms with van der Waals surface area (Å²) in [5.74, 6) is 0. The highest BCUT2D eigenvalue weighted by Gasteiger charge is 2.23. The smallest absolute Gasteiger partial charge is 0.0592 e. The first-order chi connectivity index (χ1) is 4.75. The average Bonchev–Trinajstić information content (AvgIpc) is 2.20. The normalized spacial score (nSPS) is 29.7. The molecular weight excluding hydrogens is 128 g/mol. The largest absolute Gasteiger partial charge is 0.395 e. The summed E-state index contributed by atoms with van der Waals surface area (Å²) in [5, 5.41) is 8.67. The number of hydrogen-bond acceptors (Lipinski definition) is 3.